The monoisotopic (exact) mass is 504 g/mol. The lowest BCUT2D eigenvalue weighted by molar-refractivity contribution is -0.137. The lowest BCUT2D eigenvalue weighted by Gasteiger charge is -2.19. The molecule has 35 heavy (non-hydrogen) atoms. The number of thioether (sulfide) groups is 1. The van der Waals surface area contributed by atoms with E-state index in [1.54, 1.807) is 10.6 Å². The van der Waals surface area contributed by atoms with Crippen LogP contribution in [0.3, 0.4) is 0 Å². The summed E-state index contributed by atoms with van der Waals surface area (Å²) in [5.41, 5.74) is 0.486. The Balaban J connectivity index is 1.61. The van der Waals surface area contributed by atoms with Crippen LogP contribution in [-0.4, -0.2) is 26.4 Å². The summed E-state index contributed by atoms with van der Waals surface area (Å²) in [6.45, 7) is 10.7. The van der Waals surface area contributed by atoms with Crippen molar-refractivity contribution in [1.82, 2.24) is 14.8 Å². The minimum atomic E-state index is -4.48. The molecule has 0 unspecified atom stereocenters. The maximum atomic E-state index is 12.9. The van der Waals surface area contributed by atoms with Crippen LogP contribution >= 0.6 is 11.8 Å². The minimum Gasteiger partial charge on any atom is -0.486 e. The van der Waals surface area contributed by atoms with Gasteiger partial charge in [-0.1, -0.05) is 56.8 Å². The van der Waals surface area contributed by atoms with Crippen molar-refractivity contribution in [3.8, 4) is 5.75 Å². The Labute approximate surface area is 206 Å². The zero-order chi connectivity index (χ0) is 25.6. The third-order valence-electron chi connectivity index (χ3n) is 5.00. The Morgan fingerprint density at radius 2 is 1.83 bits per heavy atom. The Morgan fingerprint density at radius 1 is 1.11 bits per heavy atom. The normalized spacial score (nSPS) is 11.8. The predicted octanol–water partition coefficient (Wildman–Crippen LogP) is 6.09. The summed E-state index contributed by atoms with van der Waals surface area (Å²) in [7, 11) is 0. The second-order valence-electron chi connectivity index (χ2n) is 8.78. The predicted molar refractivity (Wildman–Crippen MR) is 130 cm³/mol. The Hall–Kier alpha value is -3.27. The van der Waals surface area contributed by atoms with Gasteiger partial charge >= 0.3 is 6.18 Å². The fourth-order valence-electron chi connectivity index (χ4n) is 3.14. The first-order valence-electron chi connectivity index (χ1n) is 10.8. The number of alkyl halides is 3. The van der Waals surface area contributed by atoms with Crippen LogP contribution in [0.25, 0.3) is 0 Å². The number of carbonyl (C=O) groups excluding carboxylic acids is 1. The molecule has 0 atom stereocenters. The molecule has 1 amide bonds. The number of carbonyl (C=O) groups is 1. The van der Waals surface area contributed by atoms with Crippen LogP contribution in [0.2, 0.25) is 0 Å². The Bertz CT molecular complexity index is 1170. The molecule has 3 rings (SSSR count). The number of nitrogens with one attached hydrogen (secondary N) is 1. The van der Waals surface area contributed by atoms with Crippen molar-refractivity contribution in [2.24, 2.45) is 0 Å². The standard InChI is InChI=1S/C25H27F3N4O2S/c1-5-13-32-21(15-34-20-11-9-17(10-12-20)24(2,3)4)30-31-23(32)35-16-22(33)29-19-8-6-7-18(14-19)25(26,27)28/h5-12,14H,1,13,15-16H2,2-4H3,(H,29,33). The number of benzene rings is 2. The average molecular weight is 505 g/mol. The molecule has 3 aromatic rings. The van der Waals surface area contributed by atoms with Crippen LogP contribution in [-0.2, 0) is 29.5 Å². The van der Waals surface area contributed by atoms with Gasteiger partial charge in [0, 0.05) is 12.2 Å². The average Bonchev–Trinajstić information content (AvgIpc) is 3.17. The zero-order valence-electron chi connectivity index (χ0n) is 19.7. The molecule has 1 aromatic heterocycles. The molecule has 10 heteroatoms. The van der Waals surface area contributed by atoms with Crippen LogP contribution in [0.15, 0.2) is 66.3 Å². The zero-order valence-corrected chi connectivity index (χ0v) is 20.5. The highest BCUT2D eigenvalue weighted by Gasteiger charge is 2.30. The third-order valence-corrected chi connectivity index (χ3v) is 5.97. The van der Waals surface area contributed by atoms with Crippen molar-refractivity contribution in [3.63, 3.8) is 0 Å². The number of hydrogen-bond donors (Lipinski definition) is 1. The Morgan fingerprint density at radius 3 is 2.46 bits per heavy atom. The Kier molecular flexibility index (Phi) is 8.26. The second kappa shape index (κ2) is 11.0. The molecule has 0 fully saturated rings. The fourth-order valence-corrected chi connectivity index (χ4v) is 3.91. The third kappa shape index (κ3) is 7.35. The first kappa shape index (κ1) is 26.3. The van der Waals surface area contributed by atoms with E-state index in [0.717, 1.165) is 23.9 Å². The molecule has 0 saturated heterocycles. The van der Waals surface area contributed by atoms with Crippen LogP contribution in [0.5, 0.6) is 5.75 Å². The summed E-state index contributed by atoms with van der Waals surface area (Å²) >= 11 is 1.12. The van der Waals surface area contributed by atoms with E-state index in [1.165, 1.54) is 17.7 Å². The second-order valence-corrected chi connectivity index (χ2v) is 9.72. The van der Waals surface area contributed by atoms with Gasteiger partial charge in [-0.15, -0.1) is 16.8 Å². The summed E-state index contributed by atoms with van der Waals surface area (Å²) in [4.78, 5) is 12.3. The van der Waals surface area contributed by atoms with Crippen molar-refractivity contribution in [2.45, 2.75) is 50.7 Å². The summed E-state index contributed by atoms with van der Waals surface area (Å²) in [6, 6.07) is 12.3. The molecule has 1 heterocycles. The SMILES string of the molecule is C=CCn1c(COc2ccc(C(C)(C)C)cc2)nnc1SCC(=O)Nc1cccc(C(F)(F)F)c1. The van der Waals surface area contributed by atoms with Gasteiger partial charge in [-0.3, -0.25) is 9.36 Å². The van der Waals surface area contributed by atoms with Crippen LogP contribution in [0, 0.1) is 0 Å². The van der Waals surface area contributed by atoms with E-state index in [2.05, 4.69) is 42.9 Å². The topological polar surface area (TPSA) is 69.0 Å². The lowest BCUT2D eigenvalue weighted by atomic mass is 9.87. The van der Waals surface area contributed by atoms with Crippen LogP contribution in [0.4, 0.5) is 18.9 Å². The molecular formula is C25H27F3N4O2S. The van der Waals surface area contributed by atoms with Crippen molar-refractivity contribution in [2.75, 3.05) is 11.1 Å². The first-order chi connectivity index (χ1) is 16.5. The summed E-state index contributed by atoms with van der Waals surface area (Å²) in [5.74, 6) is 0.742. The van der Waals surface area contributed by atoms with E-state index in [0.29, 0.717) is 23.3 Å². The molecule has 0 aliphatic rings. The number of anilines is 1. The summed E-state index contributed by atoms with van der Waals surface area (Å²) in [5, 5.41) is 11.3. The molecule has 0 aliphatic heterocycles. The van der Waals surface area contributed by atoms with Gasteiger partial charge in [-0.05, 0) is 41.3 Å². The van der Waals surface area contributed by atoms with Crippen molar-refractivity contribution in [3.05, 3.63) is 78.1 Å². The van der Waals surface area contributed by atoms with Crippen molar-refractivity contribution < 1.29 is 22.7 Å². The summed E-state index contributed by atoms with van der Waals surface area (Å²) < 4.78 is 46.3. The van der Waals surface area contributed by atoms with E-state index in [-0.39, 0.29) is 23.5 Å². The van der Waals surface area contributed by atoms with E-state index in [1.807, 2.05) is 24.3 Å². The number of nitrogens with zero attached hydrogens (tertiary/aromatic N) is 3. The van der Waals surface area contributed by atoms with Crippen LogP contribution < -0.4 is 10.1 Å². The van der Waals surface area contributed by atoms with Gasteiger partial charge < -0.3 is 10.1 Å². The van der Waals surface area contributed by atoms with Gasteiger partial charge in [0.1, 0.15) is 12.4 Å². The lowest BCUT2D eigenvalue weighted by Crippen LogP contribution is -2.15. The quantitative estimate of drug-likeness (QED) is 0.282. The molecule has 0 spiro atoms. The van der Waals surface area contributed by atoms with E-state index in [4.69, 9.17) is 4.74 Å². The van der Waals surface area contributed by atoms with Crippen molar-refractivity contribution in [1.29, 1.82) is 0 Å². The number of amides is 1. The number of hydrogen-bond acceptors (Lipinski definition) is 5. The van der Waals surface area contributed by atoms with E-state index < -0.39 is 17.6 Å². The van der Waals surface area contributed by atoms with Gasteiger partial charge in [0.05, 0.1) is 11.3 Å². The molecule has 0 bridgehead atoms. The molecular weight excluding hydrogens is 477 g/mol. The summed E-state index contributed by atoms with van der Waals surface area (Å²) in [6.07, 6.45) is -2.80. The van der Waals surface area contributed by atoms with Gasteiger partial charge in [0.25, 0.3) is 0 Å². The minimum absolute atomic E-state index is 0.0439. The van der Waals surface area contributed by atoms with E-state index in [9.17, 15) is 18.0 Å². The smallest absolute Gasteiger partial charge is 0.416 e. The number of rotatable bonds is 9. The molecule has 0 radical (unpaired) electrons. The number of aromatic nitrogens is 3. The molecule has 2 aromatic carbocycles. The van der Waals surface area contributed by atoms with Gasteiger partial charge in [-0.2, -0.15) is 13.2 Å². The molecule has 0 saturated carbocycles. The maximum Gasteiger partial charge on any atom is 0.416 e. The highest BCUT2D eigenvalue weighted by atomic mass is 32.2. The van der Waals surface area contributed by atoms with Crippen LogP contribution in [0.1, 0.15) is 37.7 Å². The first-order valence-corrected chi connectivity index (χ1v) is 11.8. The number of ether oxygens (including phenoxy) is 1. The van der Waals surface area contributed by atoms with Gasteiger partial charge in [-0.25, -0.2) is 0 Å². The number of halogens is 3. The van der Waals surface area contributed by atoms with Crippen molar-refractivity contribution >= 4 is 23.4 Å². The molecule has 1 N–H and O–H groups in total. The largest absolute Gasteiger partial charge is 0.486 e. The highest BCUT2D eigenvalue weighted by Crippen LogP contribution is 2.31. The fraction of sp³-hybridized carbons (Fsp3) is 0.320. The van der Waals surface area contributed by atoms with Gasteiger partial charge in [0.2, 0.25) is 5.91 Å². The molecule has 6 nitrogen and oxygen atoms in total. The number of allylic oxidation sites excluding steroid dienone is 1. The highest BCUT2D eigenvalue weighted by molar-refractivity contribution is 7.99. The molecule has 0 aliphatic carbocycles. The van der Waals surface area contributed by atoms with Gasteiger partial charge in [0.15, 0.2) is 11.0 Å². The molecule has 186 valence electrons. The van der Waals surface area contributed by atoms with E-state index >= 15 is 0 Å². The maximum absolute atomic E-state index is 12.9.